The van der Waals surface area contributed by atoms with Crippen molar-refractivity contribution in [3.63, 3.8) is 0 Å². The molecule has 0 bridgehead atoms. The molecular formula is C26H37BN2O. The van der Waals surface area contributed by atoms with Crippen LogP contribution in [0, 0.1) is 0 Å². The fourth-order valence-corrected chi connectivity index (χ4v) is 4.43. The zero-order valence-electron chi connectivity index (χ0n) is 19.8. The predicted octanol–water partition coefficient (Wildman–Crippen LogP) is 6.96. The van der Waals surface area contributed by atoms with Gasteiger partial charge < -0.3 is 14.6 Å². The van der Waals surface area contributed by atoms with Crippen molar-refractivity contribution >= 4 is 18.6 Å². The molecule has 0 amide bonds. The van der Waals surface area contributed by atoms with Crippen LogP contribution < -0.4 is 9.62 Å². The van der Waals surface area contributed by atoms with Gasteiger partial charge in [-0.05, 0) is 45.9 Å². The molecule has 1 N–H and O–H groups in total. The van der Waals surface area contributed by atoms with Gasteiger partial charge in [-0.3, -0.25) is 0 Å². The SMILES string of the molecule is CC(C)c1cccc(C(C)C)c1N1C=CN(c2c(C(C)C)cccc2C(C)C)B1O. The Morgan fingerprint density at radius 3 is 1.07 bits per heavy atom. The molecule has 0 fully saturated rings. The summed E-state index contributed by atoms with van der Waals surface area (Å²) in [6.45, 7) is 17.8. The standard InChI is InChI=1S/C26H37BN2O/c1-17(2)21-11-9-12-22(18(3)4)25(21)28-15-16-29(27(28)30)26-23(19(5)6)13-10-14-24(26)20(7)8/h9-20,30H,1-8H3. The Hall–Kier alpha value is -2.20. The zero-order chi connectivity index (χ0) is 22.2. The lowest BCUT2D eigenvalue weighted by Gasteiger charge is -2.32. The highest BCUT2D eigenvalue weighted by atomic mass is 16.2. The third kappa shape index (κ3) is 4.03. The lowest BCUT2D eigenvalue weighted by Crippen LogP contribution is -2.45. The van der Waals surface area contributed by atoms with Gasteiger partial charge in [-0.1, -0.05) is 91.8 Å². The molecule has 0 unspecified atom stereocenters. The number of anilines is 2. The molecule has 0 aromatic heterocycles. The van der Waals surface area contributed by atoms with Crippen molar-refractivity contribution in [2.45, 2.75) is 79.1 Å². The Morgan fingerprint density at radius 2 is 0.833 bits per heavy atom. The first kappa shape index (κ1) is 22.5. The molecule has 2 aromatic carbocycles. The van der Waals surface area contributed by atoms with E-state index in [1.165, 1.54) is 22.3 Å². The summed E-state index contributed by atoms with van der Waals surface area (Å²) in [5.41, 5.74) is 7.37. The minimum Gasteiger partial charge on any atom is -0.413 e. The maximum atomic E-state index is 11.6. The monoisotopic (exact) mass is 404 g/mol. The summed E-state index contributed by atoms with van der Waals surface area (Å²) in [5, 5.41) is 11.6. The van der Waals surface area contributed by atoms with Gasteiger partial charge in [0.15, 0.2) is 0 Å². The molecule has 1 aliphatic heterocycles. The van der Waals surface area contributed by atoms with Crippen LogP contribution in [-0.2, 0) is 0 Å². The highest BCUT2D eigenvalue weighted by Crippen LogP contribution is 2.41. The first-order valence-electron chi connectivity index (χ1n) is 11.3. The molecule has 1 heterocycles. The number of hydrogen-bond donors (Lipinski definition) is 1. The van der Waals surface area contributed by atoms with Crippen molar-refractivity contribution in [2.24, 2.45) is 0 Å². The van der Waals surface area contributed by atoms with Gasteiger partial charge in [0.1, 0.15) is 0 Å². The second-order valence-corrected chi connectivity index (χ2v) is 9.65. The molecular weight excluding hydrogens is 367 g/mol. The third-order valence-corrected chi connectivity index (χ3v) is 6.09. The number of nitrogens with zero attached hydrogens (tertiary/aromatic N) is 2. The maximum Gasteiger partial charge on any atom is 0.554 e. The average Bonchev–Trinajstić information content (AvgIpc) is 3.07. The maximum absolute atomic E-state index is 11.6. The second kappa shape index (κ2) is 8.89. The van der Waals surface area contributed by atoms with Crippen LogP contribution in [0.4, 0.5) is 11.4 Å². The van der Waals surface area contributed by atoms with Gasteiger partial charge in [0.05, 0.1) is 0 Å². The van der Waals surface area contributed by atoms with Crippen LogP contribution in [0.5, 0.6) is 0 Å². The van der Waals surface area contributed by atoms with E-state index in [4.69, 9.17) is 0 Å². The van der Waals surface area contributed by atoms with E-state index in [9.17, 15) is 5.02 Å². The van der Waals surface area contributed by atoms with Gasteiger partial charge >= 0.3 is 7.19 Å². The van der Waals surface area contributed by atoms with E-state index in [0.29, 0.717) is 23.7 Å². The summed E-state index contributed by atoms with van der Waals surface area (Å²) in [5.74, 6) is 1.51. The largest absolute Gasteiger partial charge is 0.554 e. The Labute approximate surface area is 183 Å². The number of hydrogen-bond acceptors (Lipinski definition) is 3. The molecule has 0 aliphatic carbocycles. The van der Waals surface area contributed by atoms with E-state index in [1.807, 2.05) is 22.0 Å². The topological polar surface area (TPSA) is 26.7 Å². The summed E-state index contributed by atoms with van der Waals surface area (Å²) in [6.07, 6.45) is 4.08. The van der Waals surface area contributed by atoms with Crippen LogP contribution in [0.25, 0.3) is 0 Å². The smallest absolute Gasteiger partial charge is 0.413 e. The van der Waals surface area contributed by atoms with E-state index < -0.39 is 7.19 Å². The molecule has 3 rings (SSSR count). The summed E-state index contributed by atoms with van der Waals surface area (Å²) in [7, 11) is -0.764. The number of para-hydroxylation sites is 2. The molecule has 4 heteroatoms. The molecule has 0 atom stereocenters. The Kier molecular flexibility index (Phi) is 6.67. The molecule has 160 valence electrons. The van der Waals surface area contributed by atoms with E-state index >= 15 is 0 Å². The van der Waals surface area contributed by atoms with Crippen molar-refractivity contribution in [1.29, 1.82) is 0 Å². The third-order valence-electron chi connectivity index (χ3n) is 6.09. The fraction of sp³-hybridized carbons (Fsp3) is 0.462. The minimum absolute atomic E-state index is 0.377. The highest BCUT2D eigenvalue weighted by molar-refractivity contribution is 6.62. The van der Waals surface area contributed by atoms with Crippen LogP contribution in [0.15, 0.2) is 48.8 Å². The van der Waals surface area contributed by atoms with Crippen LogP contribution >= 0.6 is 0 Å². The van der Waals surface area contributed by atoms with Crippen LogP contribution in [0.2, 0.25) is 0 Å². The van der Waals surface area contributed by atoms with Gasteiger partial charge in [0.2, 0.25) is 0 Å². The lowest BCUT2D eigenvalue weighted by molar-refractivity contribution is 0.570. The summed E-state index contributed by atoms with van der Waals surface area (Å²) < 4.78 is 0. The quantitative estimate of drug-likeness (QED) is 0.528. The first-order chi connectivity index (χ1) is 14.1. The van der Waals surface area contributed by atoms with E-state index in [0.717, 1.165) is 11.4 Å². The second-order valence-electron chi connectivity index (χ2n) is 9.65. The van der Waals surface area contributed by atoms with Crippen molar-refractivity contribution in [1.82, 2.24) is 0 Å². The van der Waals surface area contributed by atoms with Gasteiger partial charge in [-0.2, -0.15) is 0 Å². The van der Waals surface area contributed by atoms with Gasteiger partial charge in [-0.25, -0.2) is 0 Å². The minimum atomic E-state index is -0.764. The molecule has 3 nitrogen and oxygen atoms in total. The van der Waals surface area contributed by atoms with Crippen LogP contribution in [-0.4, -0.2) is 12.2 Å². The summed E-state index contributed by atoms with van der Waals surface area (Å²) in [4.78, 5) is 4.10. The molecule has 0 spiro atoms. The number of rotatable bonds is 6. The lowest BCUT2D eigenvalue weighted by atomic mass is 9.84. The van der Waals surface area contributed by atoms with Crippen molar-refractivity contribution < 1.29 is 5.02 Å². The van der Waals surface area contributed by atoms with Gasteiger partial charge in [-0.15, -0.1) is 0 Å². The molecule has 1 aliphatic rings. The van der Waals surface area contributed by atoms with Crippen LogP contribution in [0.3, 0.4) is 0 Å². The zero-order valence-corrected chi connectivity index (χ0v) is 19.8. The molecule has 0 radical (unpaired) electrons. The molecule has 2 aromatic rings. The summed E-state index contributed by atoms with van der Waals surface area (Å²) in [6, 6.07) is 13.0. The van der Waals surface area contributed by atoms with E-state index in [-0.39, 0.29) is 0 Å². The first-order valence-corrected chi connectivity index (χ1v) is 11.3. The van der Waals surface area contributed by atoms with E-state index in [1.54, 1.807) is 0 Å². The molecule has 0 saturated carbocycles. The van der Waals surface area contributed by atoms with Gasteiger partial charge in [0.25, 0.3) is 0 Å². The number of benzene rings is 2. The van der Waals surface area contributed by atoms with E-state index in [2.05, 4.69) is 91.8 Å². The Morgan fingerprint density at radius 1 is 0.567 bits per heavy atom. The summed E-state index contributed by atoms with van der Waals surface area (Å²) >= 11 is 0. The van der Waals surface area contributed by atoms with Crippen molar-refractivity contribution in [3.05, 3.63) is 71.1 Å². The van der Waals surface area contributed by atoms with Crippen molar-refractivity contribution in [2.75, 3.05) is 9.62 Å². The molecule has 30 heavy (non-hydrogen) atoms. The van der Waals surface area contributed by atoms with Gasteiger partial charge in [0, 0.05) is 23.8 Å². The normalized spacial score (nSPS) is 14.4. The fourth-order valence-electron chi connectivity index (χ4n) is 4.43. The van der Waals surface area contributed by atoms with Crippen molar-refractivity contribution in [3.8, 4) is 0 Å². The molecule has 0 saturated heterocycles. The Bertz CT molecular complexity index is 791. The Balaban J connectivity index is 2.12. The van der Waals surface area contributed by atoms with Crippen LogP contribution in [0.1, 0.15) is 101 Å². The average molecular weight is 404 g/mol. The highest BCUT2D eigenvalue weighted by Gasteiger charge is 2.38. The predicted molar refractivity (Wildman–Crippen MR) is 131 cm³/mol.